The van der Waals surface area contributed by atoms with Crippen molar-refractivity contribution in [3.8, 4) is 9.75 Å². The first-order valence-corrected chi connectivity index (χ1v) is 14.9. The average molecular weight is 561 g/mol. The van der Waals surface area contributed by atoms with Crippen LogP contribution in [0, 0.1) is 0 Å². The van der Waals surface area contributed by atoms with Crippen LogP contribution in [0.5, 0.6) is 0 Å². The maximum atomic E-state index is 13.0. The minimum Gasteiger partial charge on any atom is -0.288 e. The van der Waals surface area contributed by atoms with Crippen molar-refractivity contribution in [1.29, 1.82) is 0 Å². The SMILES string of the molecule is O=C1C(=Cc2nc3c(s2)-c2sc(C=C4C(=O)c5ccccc5C4=O)nc2C32CCCCC2)C(=O)c2ccccc21. The Morgan fingerprint density at radius 2 is 0.950 bits per heavy atom. The molecule has 194 valence electrons. The van der Waals surface area contributed by atoms with Gasteiger partial charge >= 0.3 is 0 Å². The van der Waals surface area contributed by atoms with Gasteiger partial charge in [-0.25, -0.2) is 9.97 Å². The van der Waals surface area contributed by atoms with Gasteiger partial charge in [0, 0.05) is 22.3 Å². The number of fused-ring (bicyclic) bond motifs is 7. The molecule has 1 spiro atoms. The van der Waals surface area contributed by atoms with Gasteiger partial charge in [-0.2, -0.15) is 0 Å². The number of carbonyl (C=O) groups is 4. The van der Waals surface area contributed by atoms with Crippen LogP contribution in [0.4, 0.5) is 0 Å². The molecule has 2 heterocycles. The van der Waals surface area contributed by atoms with Crippen molar-refractivity contribution in [2.75, 3.05) is 0 Å². The number of hydrogen-bond donors (Lipinski definition) is 0. The predicted molar refractivity (Wildman–Crippen MR) is 153 cm³/mol. The summed E-state index contributed by atoms with van der Waals surface area (Å²) >= 11 is 2.95. The standard InChI is InChI=1S/C32H20N2O4S2/c35-24-16-8-2-3-9-17(16)25(36)20(24)14-22-33-30-28(39-22)29-31(32(30)12-6-1-7-13-32)34-23(40-29)15-21-26(37)18-10-4-5-11-19(18)27(21)38/h2-5,8-11,14-15H,1,6-7,12-13H2. The van der Waals surface area contributed by atoms with Crippen LogP contribution in [0.3, 0.4) is 0 Å². The molecule has 0 saturated heterocycles. The Kier molecular flexibility index (Phi) is 5.00. The third kappa shape index (κ3) is 3.14. The number of hydrogen-bond acceptors (Lipinski definition) is 8. The normalized spacial score (nSPS) is 18.3. The van der Waals surface area contributed by atoms with E-state index >= 15 is 0 Å². The van der Waals surface area contributed by atoms with Gasteiger partial charge in [-0.05, 0) is 25.0 Å². The summed E-state index contributed by atoms with van der Waals surface area (Å²) in [6, 6.07) is 13.8. The quantitative estimate of drug-likeness (QED) is 0.199. The highest BCUT2D eigenvalue weighted by Crippen LogP contribution is 2.58. The highest BCUT2D eigenvalue weighted by molar-refractivity contribution is 7.23. The largest absolute Gasteiger partial charge is 0.288 e. The van der Waals surface area contributed by atoms with Gasteiger partial charge in [-0.3, -0.25) is 19.2 Å². The van der Waals surface area contributed by atoms with Crippen LogP contribution in [0.2, 0.25) is 0 Å². The lowest BCUT2D eigenvalue weighted by atomic mass is 9.72. The van der Waals surface area contributed by atoms with E-state index in [9.17, 15) is 19.2 Å². The van der Waals surface area contributed by atoms with E-state index in [-0.39, 0.29) is 39.7 Å². The molecule has 0 amide bonds. The van der Waals surface area contributed by atoms with Crippen molar-refractivity contribution in [2.45, 2.75) is 37.5 Å². The summed E-state index contributed by atoms with van der Waals surface area (Å²) in [5.74, 6) is -1.05. The van der Waals surface area contributed by atoms with Gasteiger partial charge in [0.05, 0.1) is 37.7 Å². The van der Waals surface area contributed by atoms with Gasteiger partial charge < -0.3 is 0 Å². The van der Waals surface area contributed by atoms with Crippen molar-refractivity contribution < 1.29 is 19.2 Å². The van der Waals surface area contributed by atoms with Crippen molar-refractivity contribution in [3.63, 3.8) is 0 Å². The van der Waals surface area contributed by atoms with E-state index in [2.05, 4.69) is 0 Å². The lowest BCUT2D eigenvalue weighted by molar-refractivity contribution is 0.0975. The molecule has 1 saturated carbocycles. The predicted octanol–water partition coefficient (Wildman–Crippen LogP) is 6.76. The van der Waals surface area contributed by atoms with Crippen LogP contribution in [0.25, 0.3) is 21.9 Å². The molecule has 8 heteroatoms. The first kappa shape index (κ1) is 23.7. The summed E-state index contributed by atoms with van der Waals surface area (Å²) < 4.78 is 0. The number of thiazole rings is 2. The van der Waals surface area contributed by atoms with Gasteiger partial charge in [0.2, 0.25) is 0 Å². The Hall–Kier alpha value is -4.14. The van der Waals surface area contributed by atoms with Gasteiger partial charge in [-0.15, -0.1) is 22.7 Å². The van der Waals surface area contributed by atoms with E-state index in [0.29, 0.717) is 32.3 Å². The molecule has 0 unspecified atom stereocenters. The van der Waals surface area contributed by atoms with Gasteiger partial charge in [0.25, 0.3) is 0 Å². The third-order valence-electron chi connectivity index (χ3n) is 8.45. The van der Waals surface area contributed by atoms with E-state index < -0.39 is 0 Å². The van der Waals surface area contributed by atoms with Crippen LogP contribution < -0.4 is 0 Å². The van der Waals surface area contributed by atoms with Gasteiger partial charge in [0.15, 0.2) is 23.1 Å². The van der Waals surface area contributed by atoms with E-state index in [1.807, 2.05) is 0 Å². The van der Waals surface area contributed by atoms with Crippen molar-refractivity contribution in [1.82, 2.24) is 9.97 Å². The van der Waals surface area contributed by atoms with E-state index in [1.54, 1.807) is 60.7 Å². The van der Waals surface area contributed by atoms with Crippen LogP contribution in [0.15, 0.2) is 59.7 Å². The molecule has 4 aliphatic rings. The monoisotopic (exact) mass is 560 g/mol. The molecule has 0 bridgehead atoms. The van der Waals surface area contributed by atoms with Gasteiger partial charge in [-0.1, -0.05) is 67.8 Å². The van der Waals surface area contributed by atoms with E-state index in [1.165, 1.54) is 22.7 Å². The Morgan fingerprint density at radius 1 is 0.575 bits per heavy atom. The zero-order valence-corrected chi connectivity index (χ0v) is 22.8. The minimum atomic E-state index is -0.331. The molecule has 8 rings (SSSR count). The number of ketones is 4. The molecule has 2 aromatic heterocycles. The van der Waals surface area contributed by atoms with Crippen molar-refractivity contribution in [2.24, 2.45) is 0 Å². The summed E-state index contributed by atoms with van der Waals surface area (Å²) in [6.45, 7) is 0. The fraction of sp³-hybridized carbons (Fsp3) is 0.188. The highest BCUT2D eigenvalue weighted by Gasteiger charge is 2.49. The van der Waals surface area contributed by atoms with Crippen molar-refractivity contribution in [3.05, 3.63) is 103 Å². The Morgan fingerprint density at radius 3 is 1.32 bits per heavy atom. The van der Waals surface area contributed by atoms with Crippen LogP contribution in [0.1, 0.15) is 94.9 Å². The molecular formula is C32H20N2O4S2. The lowest BCUT2D eigenvalue weighted by Crippen LogP contribution is -2.29. The molecule has 6 nitrogen and oxygen atoms in total. The summed E-state index contributed by atoms with van der Waals surface area (Å²) in [7, 11) is 0. The minimum absolute atomic E-state index is 0.152. The number of rotatable bonds is 2. The summed E-state index contributed by atoms with van der Waals surface area (Å²) in [5.41, 5.74) is 3.68. The molecule has 4 aliphatic carbocycles. The Balaban J connectivity index is 1.22. The second kappa shape index (κ2) is 8.43. The molecule has 0 radical (unpaired) electrons. The maximum absolute atomic E-state index is 13.0. The zero-order valence-electron chi connectivity index (χ0n) is 21.2. The fourth-order valence-electron chi connectivity index (χ4n) is 6.55. The van der Waals surface area contributed by atoms with Gasteiger partial charge in [0.1, 0.15) is 10.0 Å². The second-order valence-corrected chi connectivity index (χ2v) is 12.7. The van der Waals surface area contributed by atoms with Crippen LogP contribution in [-0.4, -0.2) is 33.1 Å². The Labute approximate surface area is 237 Å². The summed E-state index contributed by atoms with van der Waals surface area (Å²) in [4.78, 5) is 64.1. The molecule has 0 atom stereocenters. The van der Waals surface area contributed by atoms with Crippen LogP contribution in [-0.2, 0) is 5.41 Å². The summed E-state index contributed by atoms with van der Waals surface area (Å²) in [6.07, 6.45) is 8.37. The molecule has 40 heavy (non-hydrogen) atoms. The molecular weight excluding hydrogens is 540 g/mol. The molecule has 0 N–H and O–H groups in total. The average Bonchev–Trinajstić information content (AvgIpc) is 3.75. The number of nitrogens with zero attached hydrogens (tertiary/aromatic N) is 2. The lowest BCUT2D eigenvalue weighted by Gasteiger charge is -2.32. The summed E-state index contributed by atoms with van der Waals surface area (Å²) in [5, 5.41) is 1.27. The first-order chi connectivity index (χ1) is 19.5. The van der Waals surface area contributed by atoms with E-state index in [0.717, 1.165) is 53.2 Å². The number of Topliss-reactive ketones (excluding diaryl/α,β-unsaturated/α-hetero) is 4. The Bertz CT molecular complexity index is 1710. The number of aromatic nitrogens is 2. The number of allylic oxidation sites excluding steroid dienone is 2. The molecule has 0 aliphatic heterocycles. The van der Waals surface area contributed by atoms with E-state index in [4.69, 9.17) is 9.97 Å². The first-order valence-electron chi connectivity index (χ1n) is 13.3. The molecule has 2 aromatic carbocycles. The molecule has 4 aromatic rings. The number of benzene rings is 2. The fourth-order valence-corrected chi connectivity index (χ4v) is 8.90. The zero-order chi connectivity index (χ0) is 27.2. The second-order valence-electron chi connectivity index (χ2n) is 10.6. The highest BCUT2D eigenvalue weighted by atomic mass is 32.1. The topological polar surface area (TPSA) is 94.1 Å². The smallest absolute Gasteiger partial charge is 0.197 e. The van der Waals surface area contributed by atoms with Crippen LogP contribution >= 0.6 is 22.7 Å². The maximum Gasteiger partial charge on any atom is 0.197 e. The molecule has 1 fully saturated rings. The number of carbonyl (C=O) groups excluding carboxylic acids is 4. The van der Waals surface area contributed by atoms with Crippen molar-refractivity contribution >= 4 is 58.0 Å². The third-order valence-corrected chi connectivity index (χ3v) is 10.6.